The van der Waals surface area contributed by atoms with Crippen LogP contribution in [0.1, 0.15) is 13.3 Å². The number of alkyl halides is 5. The summed E-state index contributed by atoms with van der Waals surface area (Å²) in [6.45, 7) is -3.06. The van der Waals surface area contributed by atoms with Gasteiger partial charge in [0, 0.05) is 6.54 Å². The second-order valence-electron chi connectivity index (χ2n) is 5.48. The van der Waals surface area contributed by atoms with Crippen molar-refractivity contribution < 1.29 is 35.5 Å². The number of nitrogens with zero attached hydrogens (tertiary/aromatic N) is 2. The second kappa shape index (κ2) is 6.03. The Balaban J connectivity index is 2.53. The molecule has 1 aliphatic heterocycles. The van der Waals surface area contributed by atoms with Gasteiger partial charge in [0.15, 0.2) is 11.6 Å². The van der Waals surface area contributed by atoms with E-state index < -0.39 is 53.7 Å². The number of nitriles is 1. The van der Waals surface area contributed by atoms with Crippen molar-refractivity contribution in [1.82, 2.24) is 0 Å². The molecule has 0 spiro atoms. The van der Waals surface area contributed by atoms with Crippen molar-refractivity contribution >= 4 is 5.69 Å². The van der Waals surface area contributed by atoms with Crippen LogP contribution in [0.4, 0.5) is 36.4 Å². The maximum atomic E-state index is 13.8. The number of rotatable bonds is 3. The van der Waals surface area contributed by atoms with E-state index in [0.717, 1.165) is 17.9 Å². The Morgan fingerprint density at radius 1 is 1.33 bits per heavy atom. The molecule has 0 N–H and O–H groups in total. The van der Waals surface area contributed by atoms with Crippen LogP contribution in [0.5, 0.6) is 5.75 Å². The zero-order valence-corrected chi connectivity index (χ0v) is 12.2. The van der Waals surface area contributed by atoms with Crippen LogP contribution in [0, 0.1) is 28.4 Å². The molecule has 1 heterocycles. The van der Waals surface area contributed by atoms with Gasteiger partial charge in [-0.2, -0.15) is 31.6 Å². The molecule has 1 aliphatic rings. The minimum Gasteiger partial charge on any atom is -0.429 e. The second-order valence-corrected chi connectivity index (χ2v) is 5.48. The minimum absolute atomic E-state index is 0.362. The van der Waals surface area contributed by atoms with E-state index >= 15 is 0 Å². The first-order valence-corrected chi connectivity index (χ1v) is 6.68. The largest absolute Gasteiger partial charge is 0.429 e. The van der Waals surface area contributed by atoms with Gasteiger partial charge in [0.05, 0.1) is 17.2 Å². The van der Waals surface area contributed by atoms with E-state index in [-0.39, 0.29) is 6.54 Å². The van der Waals surface area contributed by atoms with Gasteiger partial charge in [0.25, 0.3) is 0 Å². The quantitative estimate of drug-likeness (QED) is 0.761. The smallest absolute Gasteiger partial charge is 0.397 e. The fraction of sp³-hybridized carbons (Fsp3) is 0.500. The highest BCUT2D eigenvalue weighted by atomic mass is 19.4. The van der Waals surface area contributed by atoms with Crippen LogP contribution >= 0.6 is 0 Å². The summed E-state index contributed by atoms with van der Waals surface area (Å²) in [5.74, 6) is -4.48. The molecule has 3 nitrogen and oxygen atoms in total. The van der Waals surface area contributed by atoms with E-state index in [1.807, 2.05) is 0 Å². The summed E-state index contributed by atoms with van der Waals surface area (Å²) < 4.78 is 95.6. The Bertz CT molecular complexity index is 670. The zero-order chi connectivity index (χ0) is 18.3. The van der Waals surface area contributed by atoms with Gasteiger partial charge in [-0.3, -0.25) is 0 Å². The molecule has 0 saturated carbocycles. The van der Waals surface area contributed by atoms with E-state index in [2.05, 4.69) is 4.74 Å². The van der Waals surface area contributed by atoms with Gasteiger partial charge in [0.1, 0.15) is 6.04 Å². The summed E-state index contributed by atoms with van der Waals surface area (Å²) >= 11 is 0. The van der Waals surface area contributed by atoms with Crippen LogP contribution in [-0.4, -0.2) is 25.4 Å². The molecule has 0 aliphatic carbocycles. The van der Waals surface area contributed by atoms with Crippen molar-refractivity contribution in [3.8, 4) is 11.8 Å². The Morgan fingerprint density at radius 2 is 1.96 bits per heavy atom. The molecule has 1 fully saturated rings. The van der Waals surface area contributed by atoms with Gasteiger partial charge in [-0.1, -0.05) is 0 Å². The van der Waals surface area contributed by atoms with Crippen molar-refractivity contribution in [3.05, 3.63) is 23.8 Å². The predicted octanol–water partition coefficient (Wildman–Crippen LogP) is 4.24. The van der Waals surface area contributed by atoms with E-state index in [9.17, 15) is 30.7 Å². The standard InChI is InChI=1S/C14H11F7N2O/c1-13(14(19,20)21)4-5-23(9(13)6-22)8-3-2-7(15)10(16)11(8)24-12(17)18/h2-3,9,12H,4-5H2,1H3. The molecule has 0 radical (unpaired) electrons. The summed E-state index contributed by atoms with van der Waals surface area (Å²) in [7, 11) is 0. The van der Waals surface area contributed by atoms with E-state index in [0.29, 0.717) is 6.07 Å². The molecule has 24 heavy (non-hydrogen) atoms. The highest BCUT2D eigenvalue weighted by molar-refractivity contribution is 5.62. The molecule has 2 rings (SSSR count). The summed E-state index contributed by atoms with van der Waals surface area (Å²) in [6.07, 6.45) is -5.26. The van der Waals surface area contributed by atoms with Gasteiger partial charge in [-0.25, -0.2) is 4.39 Å². The number of anilines is 1. The van der Waals surface area contributed by atoms with E-state index in [4.69, 9.17) is 5.26 Å². The summed E-state index contributed by atoms with van der Waals surface area (Å²) in [4.78, 5) is 0.799. The lowest BCUT2D eigenvalue weighted by Gasteiger charge is -2.33. The zero-order valence-electron chi connectivity index (χ0n) is 12.2. The Labute approximate surface area is 132 Å². The Morgan fingerprint density at radius 3 is 2.46 bits per heavy atom. The van der Waals surface area contributed by atoms with Gasteiger partial charge < -0.3 is 9.64 Å². The molecule has 2 unspecified atom stereocenters. The Hall–Kier alpha value is -2.18. The van der Waals surface area contributed by atoms with Crippen molar-refractivity contribution in [1.29, 1.82) is 5.26 Å². The number of halogens is 7. The molecule has 1 saturated heterocycles. The normalized spacial score (nSPS) is 24.3. The highest BCUT2D eigenvalue weighted by Crippen LogP contribution is 2.51. The van der Waals surface area contributed by atoms with Gasteiger partial charge in [-0.05, 0) is 25.5 Å². The van der Waals surface area contributed by atoms with E-state index in [1.54, 1.807) is 0 Å². The number of hydrogen-bond donors (Lipinski definition) is 0. The summed E-state index contributed by atoms with van der Waals surface area (Å²) in [6, 6.07) is 1.05. The fourth-order valence-electron chi connectivity index (χ4n) is 2.68. The molecular weight excluding hydrogens is 345 g/mol. The third-order valence-corrected chi connectivity index (χ3v) is 4.10. The summed E-state index contributed by atoms with van der Waals surface area (Å²) in [5, 5.41) is 9.14. The van der Waals surface area contributed by atoms with Crippen LogP contribution in [-0.2, 0) is 0 Å². The van der Waals surface area contributed by atoms with Crippen molar-refractivity contribution in [3.63, 3.8) is 0 Å². The molecule has 0 amide bonds. The highest BCUT2D eigenvalue weighted by Gasteiger charge is 2.61. The van der Waals surface area contributed by atoms with Gasteiger partial charge in [0.2, 0.25) is 5.82 Å². The van der Waals surface area contributed by atoms with Crippen LogP contribution < -0.4 is 9.64 Å². The maximum Gasteiger partial charge on any atom is 0.397 e. The van der Waals surface area contributed by atoms with Crippen LogP contribution in [0.15, 0.2) is 12.1 Å². The third kappa shape index (κ3) is 2.83. The minimum atomic E-state index is -4.75. The lowest BCUT2D eigenvalue weighted by molar-refractivity contribution is -0.215. The fourth-order valence-corrected chi connectivity index (χ4v) is 2.68. The molecule has 132 valence electrons. The first kappa shape index (κ1) is 18.2. The maximum absolute atomic E-state index is 13.8. The van der Waals surface area contributed by atoms with Gasteiger partial charge >= 0.3 is 12.8 Å². The summed E-state index contributed by atoms with van der Waals surface area (Å²) in [5.41, 5.74) is -2.98. The van der Waals surface area contributed by atoms with Crippen molar-refractivity contribution in [2.75, 3.05) is 11.4 Å². The average Bonchev–Trinajstić information content (AvgIpc) is 2.81. The first-order valence-electron chi connectivity index (χ1n) is 6.68. The SMILES string of the molecule is CC1(C(F)(F)F)CCN(c2ccc(F)c(F)c2OC(F)F)C1C#N. The molecule has 0 aromatic heterocycles. The Kier molecular flexibility index (Phi) is 4.57. The van der Waals surface area contributed by atoms with Crippen molar-refractivity contribution in [2.45, 2.75) is 32.2 Å². The number of hydrogen-bond acceptors (Lipinski definition) is 3. The topological polar surface area (TPSA) is 36.3 Å². The third-order valence-electron chi connectivity index (χ3n) is 4.10. The van der Waals surface area contributed by atoms with Crippen LogP contribution in [0.3, 0.4) is 0 Å². The van der Waals surface area contributed by atoms with E-state index in [1.165, 1.54) is 6.07 Å². The lowest BCUT2D eigenvalue weighted by atomic mass is 9.82. The molecule has 10 heteroatoms. The average molecular weight is 356 g/mol. The number of ether oxygens (including phenoxy) is 1. The molecule has 1 aromatic carbocycles. The van der Waals surface area contributed by atoms with Gasteiger partial charge in [-0.15, -0.1) is 0 Å². The molecule has 0 bridgehead atoms. The monoisotopic (exact) mass is 356 g/mol. The van der Waals surface area contributed by atoms with Crippen LogP contribution in [0.2, 0.25) is 0 Å². The predicted molar refractivity (Wildman–Crippen MR) is 68.5 cm³/mol. The molecular formula is C14H11F7N2O. The lowest BCUT2D eigenvalue weighted by Crippen LogP contribution is -2.46. The van der Waals surface area contributed by atoms with Crippen molar-refractivity contribution in [2.24, 2.45) is 5.41 Å². The first-order chi connectivity index (χ1) is 11.0. The molecule has 2 atom stereocenters. The number of benzene rings is 1. The van der Waals surface area contributed by atoms with Crippen LogP contribution in [0.25, 0.3) is 0 Å². The molecule has 1 aromatic rings.